The third kappa shape index (κ3) is 2.52. The lowest BCUT2D eigenvalue weighted by molar-refractivity contribution is 0.102. The number of hydrogen-bond acceptors (Lipinski definition) is 3. The molecule has 0 saturated carbocycles. The lowest BCUT2D eigenvalue weighted by Crippen LogP contribution is -1.90. The smallest absolute Gasteiger partial charge is 0.221 e. The van der Waals surface area contributed by atoms with E-state index in [1.807, 2.05) is 0 Å². The van der Waals surface area contributed by atoms with Crippen LogP contribution in [-0.4, -0.2) is 5.78 Å². The monoisotopic (exact) mass is 280 g/mol. The molecule has 82 valence electrons. The minimum absolute atomic E-state index is 0.180. The molecule has 0 N–H and O–H groups in total. The molecular weight excluding hydrogens is 272 g/mol. The molecule has 16 heavy (non-hydrogen) atoms. The van der Waals surface area contributed by atoms with Crippen LogP contribution in [0.3, 0.4) is 0 Å². The molecule has 0 aliphatic heterocycles. The summed E-state index contributed by atoms with van der Waals surface area (Å²) in [5.41, 5.74) is 0. The van der Waals surface area contributed by atoms with Gasteiger partial charge in [0, 0.05) is 0 Å². The fourth-order valence-corrected chi connectivity index (χ4v) is 1.54. The second-order valence-electron chi connectivity index (χ2n) is 3.25. The van der Waals surface area contributed by atoms with E-state index in [1.54, 1.807) is 37.3 Å². The van der Waals surface area contributed by atoms with E-state index in [4.69, 9.17) is 8.83 Å². The highest BCUT2D eigenvalue weighted by molar-refractivity contribution is 9.10. The van der Waals surface area contributed by atoms with Crippen LogP contribution in [0.2, 0.25) is 0 Å². The van der Waals surface area contributed by atoms with E-state index in [2.05, 4.69) is 15.9 Å². The van der Waals surface area contributed by atoms with Gasteiger partial charge in [-0.3, -0.25) is 4.79 Å². The normalized spacial score (nSPS) is 11.1. The fourth-order valence-electron chi connectivity index (χ4n) is 1.22. The topological polar surface area (TPSA) is 43.4 Å². The lowest BCUT2D eigenvalue weighted by atomic mass is 10.2. The van der Waals surface area contributed by atoms with E-state index in [1.165, 1.54) is 6.08 Å². The van der Waals surface area contributed by atoms with Gasteiger partial charge in [-0.1, -0.05) is 0 Å². The van der Waals surface area contributed by atoms with Gasteiger partial charge in [-0.15, -0.1) is 0 Å². The molecule has 0 fully saturated rings. The average molecular weight is 281 g/mol. The summed E-state index contributed by atoms with van der Waals surface area (Å²) in [6.45, 7) is 1.80. The first-order chi connectivity index (χ1) is 7.65. The third-order valence-electron chi connectivity index (χ3n) is 1.98. The van der Waals surface area contributed by atoms with Crippen LogP contribution >= 0.6 is 15.9 Å². The summed E-state index contributed by atoms with van der Waals surface area (Å²) in [5.74, 6) is 1.49. The van der Waals surface area contributed by atoms with E-state index in [0.717, 1.165) is 5.76 Å². The van der Waals surface area contributed by atoms with E-state index >= 15 is 0 Å². The molecular formula is C12H9BrO3. The SMILES string of the molecule is Cc1ccc(C(=O)/C=C/c2ccc(Br)o2)o1. The lowest BCUT2D eigenvalue weighted by Gasteiger charge is -1.88. The Morgan fingerprint density at radius 2 is 2.06 bits per heavy atom. The number of carbonyl (C=O) groups excluding carboxylic acids is 1. The summed E-state index contributed by atoms with van der Waals surface area (Å²) < 4.78 is 11.1. The van der Waals surface area contributed by atoms with Crippen LogP contribution in [0.15, 0.2) is 43.8 Å². The first-order valence-electron chi connectivity index (χ1n) is 4.69. The van der Waals surface area contributed by atoms with Crippen molar-refractivity contribution in [3.63, 3.8) is 0 Å². The molecule has 0 aliphatic carbocycles. The van der Waals surface area contributed by atoms with E-state index < -0.39 is 0 Å². The van der Waals surface area contributed by atoms with Crippen LogP contribution in [0.1, 0.15) is 22.1 Å². The van der Waals surface area contributed by atoms with Gasteiger partial charge in [0.15, 0.2) is 10.4 Å². The standard InChI is InChI=1S/C12H9BrO3/c1-8-2-6-11(15-8)10(14)5-3-9-4-7-12(13)16-9/h2-7H,1H3/b5-3+. The van der Waals surface area contributed by atoms with Gasteiger partial charge in [-0.2, -0.15) is 0 Å². The summed E-state index contributed by atoms with van der Waals surface area (Å²) in [6.07, 6.45) is 3.02. The Kier molecular flexibility index (Phi) is 3.10. The van der Waals surface area contributed by atoms with Crippen LogP contribution in [0, 0.1) is 6.92 Å². The Balaban J connectivity index is 2.10. The molecule has 3 nitrogen and oxygen atoms in total. The van der Waals surface area contributed by atoms with E-state index in [9.17, 15) is 4.79 Å². The highest BCUT2D eigenvalue weighted by Crippen LogP contribution is 2.15. The molecule has 0 saturated heterocycles. The predicted molar refractivity (Wildman–Crippen MR) is 63.2 cm³/mol. The van der Waals surface area contributed by atoms with Crippen molar-refractivity contribution < 1.29 is 13.6 Å². The van der Waals surface area contributed by atoms with Gasteiger partial charge in [0.1, 0.15) is 11.5 Å². The number of furan rings is 2. The molecule has 0 unspecified atom stereocenters. The maximum Gasteiger partial charge on any atom is 0.221 e. The van der Waals surface area contributed by atoms with E-state index in [-0.39, 0.29) is 5.78 Å². The number of halogens is 1. The summed E-state index contributed by atoms with van der Waals surface area (Å²) in [6, 6.07) is 6.94. The maximum atomic E-state index is 11.6. The minimum Gasteiger partial charge on any atom is -0.458 e. The van der Waals surface area contributed by atoms with Crippen molar-refractivity contribution >= 4 is 27.8 Å². The van der Waals surface area contributed by atoms with Crippen molar-refractivity contribution in [2.24, 2.45) is 0 Å². The zero-order valence-corrected chi connectivity index (χ0v) is 10.2. The molecule has 2 aromatic rings. The van der Waals surface area contributed by atoms with Crippen molar-refractivity contribution in [3.05, 3.63) is 52.3 Å². The van der Waals surface area contributed by atoms with Crippen molar-refractivity contribution in [3.8, 4) is 0 Å². The van der Waals surface area contributed by atoms with Crippen LogP contribution in [0.4, 0.5) is 0 Å². The van der Waals surface area contributed by atoms with Gasteiger partial charge in [-0.25, -0.2) is 0 Å². The van der Waals surface area contributed by atoms with E-state index in [0.29, 0.717) is 16.2 Å². The van der Waals surface area contributed by atoms with Gasteiger partial charge < -0.3 is 8.83 Å². The second-order valence-corrected chi connectivity index (χ2v) is 4.03. The molecule has 4 heteroatoms. The second kappa shape index (κ2) is 4.53. The van der Waals surface area contributed by atoms with Gasteiger partial charge in [0.25, 0.3) is 0 Å². The van der Waals surface area contributed by atoms with Crippen LogP contribution < -0.4 is 0 Å². The van der Waals surface area contributed by atoms with Crippen LogP contribution in [-0.2, 0) is 0 Å². The minimum atomic E-state index is -0.180. The quantitative estimate of drug-likeness (QED) is 0.634. The van der Waals surface area contributed by atoms with Crippen molar-refractivity contribution in [2.75, 3.05) is 0 Å². The molecule has 0 aliphatic rings. The first-order valence-corrected chi connectivity index (χ1v) is 5.48. The zero-order valence-electron chi connectivity index (χ0n) is 8.57. The van der Waals surface area contributed by atoms with Crippen molar-refractivity contribution in [2.45, 2.75) is 6.92 Å². The Labute approximate surface area is 101 Å². The summed E-state index contributed by atoms with van der Waals surface area (Å²) in [7, 11) is 0. The first kappa shape index (κ1) is 11.0. The highest BCUT2D eigenvalue weighted by atomic mass is 79.9. The molecule has 0 radical (unpaired) electrons. The molecule has 0 spiro atoms. The summed E-state index contributed by atoms with van der Waals surface area (Å²) in [5, 5.41) is 0. The molecule has 0 aromatic carbocycles. The number of hydrogen-bond donors (Lipinski definition) is 0. The number of carbonyl (C=O) groups is 1. The number of ketones is 1. The average Bonchev–Trinajstić information content (AvgIpc) is 2.84. The summed E-state index contributed by atoms with van der Waals surface area (Å²) >= 11 is 3.18. The molecule has 0 atom stereocenters. The number of rotatable bonds is 3. The Morgan fingerprint density at radius 1 is 1.25 bits per heavy atom. The van der Waals surface area contributed by atoms with Crippen molar-refractivity contribution in [1.82, 2.24) is 0 Å². The number of aryl methyl sites for hydroxylation is 1. The fraction of sp³-hybridized carbons (Fsp3) is 0.0833. The van der Waals surface area contributed by atoms with Crippen LogP contribution in [0.25, 0.3) is 6.08 Å². The molecule has 2 heterocycles. The molecule has 0 amide bonds. The molecule has 2 rings (SSSR count). The Bertz CT molecular complexity index is 534. The van der Waals surface area contributed by atoms with Gasteiger partial charge in [0.05, 0.1) is 0 Å². The van der Waals surface area contributed by atoms with Crippen molar-refractivity contribution in [1.29, 1.82) is 0 Å². The van der Waals surface area contributed by atoms with Gasteiger partial charge in [-0.05, 0) is 59.3 Å². The Morgan fingerprint density at radius 3 is 2.62 bits per heavy atom. The van der Waals surface area contributed by atoms with Gasteiger partial charge in [0.2, 0.25) is 5.78 Å². The number of allylic oxidation sites excluding steroid dienone is 1. The van der Waals surface area contributed by atoms with Crippen LogP contribution in [0.5, 0.6) is 0 Å². The Hall–Kier alpha value is -1.55. The molecule has 0 bridgehead atoms. The largest absolute Gasteiger partial charge is 0.458 e. The van der Waals surface area contributed by atoms with Gasteiger partial charge >= 0.3 is 0 Å². The third-order valence-corrected chi connectivity index (χ3v) is 2.40. The molecule has 2 aromatic heterocycles. The maximum absolute atomic E-state index is 11.6. The zero-order chi connectivity index (χ0) is 11.5. The summed E-state index contributed by atoms with van der Waals surface area (Å²) in [4.78, 5) is 11.6. The predicted octanol–water partition coefficient (Wildman–Crippen LogP) is 3.84. The highest BCUT2D eigenvalue weighted by Gasteiger charge is 2.06.